The van der Waals surface area contributed by atoms with Crippen LogP contribution in [0.3, 0.4) is 0 Å². The Balaban J connectivity index is 1.31. The lowest BCUT2D eigenvalue weighted by Gasteiger charge is -2.20. The van der Waals surface area contributed by atoms with Gasteiger partial charge in [0.15, 0.2) is 0 Å². The number of rotatable bonds is 4. The smallest absolute Gasteiger partial charge is 0.136 e. The second-order valence-electron chi connectivity index (χ2n) is 13.6. The van der Waals surface area contributed by atoms with Gasteiger partial charge in [0.2, 0.25) is 0 Å². The van der Waals surface area contributed by atoms with Crippen molar-refractivity contribution in [1.29, 1.82) is 0 Å². The molecule has 11 aromatic rings. The molecule has 0 saturated heterocycles. The van der Waals surface area contributed by atoms with E-state index in [0.717, 1.165) is 55.0 Å². The van der Waals surface area contributed by atoms with Crippen molar-refractivity contribution in [1.82, 2.24) is 0 Å². The molecule has 242 valence electrons. The van der Waals surface area contributed by atoms with Crippen LogP contribution in [0.25, 0.3) is 110 Å². The highest BCUT2D eigenvalue weighted by Crippen LogP contribution is 2.49. The maximum Gasteiger partial charge on any atom is 0.136 e. The van der Waals surface area contributed by atoms with E-state index in [2.05, 4.69) is 164 Å². The van der Waals surface area contributed by atoms with Gasteiger partial charge >= 0.3 is 0 Å². The molecule has 0 saturated carbocycles. The molecule has 52 heavy (non-hydrogen) atoms. The highest BCUT2D eigenvalue weighted by molar-refractivity contribution is 6.26. The van der Waals surface area contributed by atoms with E-state index in [-0.39, 0.29) is 0 Å². The number of para-hydroxylation sites is 2. The summed E-state index contributed by atoms with van der Waals surface area (Å²) in [5, 5.41) is 9.27. The van der Waals surface area contributed by atoms with Gasteiger partial charge in [0.1, 0.15) is 22.3 Å². The summed E-state index contributed by atoms with van der Waals surface area (Å²) in [4.78, 5) is 0. The molecule has 0 aliphatic carbocycles. The third-order valence-electron chi connectivity index (χ3n) is 10.7. The van der Waals surface area contributed by atoms with E-state index < -0.39 is 0 Å². The van der Waals surface area contributed by atoms with Gasteiger partial charge in [0.25, 0.3) is 0 Å². The van der Waals surface area contributed by atoms with E-state index in [9.17, 15) is 0 Å². The van der Waals surface area contributed by atoms with Gasteiger partial charge in [0, 0.05) is 21.5 Å². The molecule has 2 heteroatoms. The summed E-state index contributed by atoms with van der Waals surface area (Å²) in [6, 6.07) is 65.2. The largest absolute Gasteiger partial charge is 0.456 e. The van der Waals surface area contributed by atoms with Gasteiger partial charge in [-0.15, -0.1) is 0 Å². The maximum atomic E-state index is 6.47. The van der Waals surface area contributed by atoms with Crippen LogP contribution in [0, 0.1) is 0 Å². The van der Waals surface area contributed by atoms with Crippen LogP contribution in [0.5, 0.6) is 0 Å². The van der Waals surface area contributed by atoms with Crippen molar-refractivity contribution in [2.75, 3.05) is 0 Å². The summed E-state index contributed by atoms with van der Waals surface area (Å²) >= 11 is 0. The molecular formula is C50H30O2. The minimum Gasteiger partial charge on any atom is -0.456 e. The number of fused-ring (bicyclic) bond motifs is 8. The molecule has 0 spiro atoms. The van der Waals surface area contributed by atoms with Crippen LogP contribution in [0.1, 0.15) is 0 Å². The van der Waals surface area contributed by atoms with Crippen LogP contribution in [0.2, 0.25) is 0 Å². The highest BCUT2D eigenvalue weighted by atomic mass is 16.3. The van der Waals surface area contributed by atoms with Crippen LogP contribution in [-0.2, 0) is 0 Å². The number of benzene rings is 9. The molecule has 0 unspecified atom stereocenters. The van der Waals surface area contributed by atoms with Crippen molar-refractivity contribution in [2.45, 2.75) is 0 Å². The quantitative estimate of drug-likeness (QED) is 0.175. The zero-order valence-corrected chi connectivity index (χ0v) is 28.1. The summed E-state index contributed by atoms with van der Waals surface area (Å²) < 4.78 is 12.9. The van der Waals surface area contributed by atoms with Gasteiger partial charge in [0.05, 0.1) is 0 Å². The number of hydrogen-bond donors (Lipinski definition) is 0. The predicted octanol–water partition coefficient (Wildman–Crippen LogP) is 14.5. The molecule has 11 rings (SSSR count). The minimum atomic E-state index is 0.888. The van der Waals surface area contributed by atoms with E-state index in [4.69, 9.17) is 8.83 Å². The molecule has 0 amide bonds. The van der Waals surface area contributed by atoms with Crippen molar-refractivity contribution < 1.29 is 8.83 Å². The van der Waals surface area contributed by atoms with E-state index >= 15 is 0 Å². The minimum absolute atomic E-state index is 0.888. The van der Waals surface area contributed by atoms with E-state index in [0.29, 0.717) is 0 Å². The van der Waals surface area contributed by atoms with E-state index in [1.807, 2.05) is 18.2 Å². The molecular weight excluding hydrogens is 633 g/mol. The Labute approximate surface area is 299 Å². The first kappa shape index (κ1) is 28.9. The maximum absolute atomic E-state index is 6.47. The van der Waals surface area contributed by atoms with Crippen LogP contribution in [-0.4, -0.2) is 0 Å². The molecule has 0 atom stereocenters. The summed E-state index contributed by atoms with van der Waals surface area (Å²) in [7, 11) is 0. The van der Waals surface area contributed by atoms with Crippen molar-refractivity contribution >= 4 is 65.4 Å². The number of hydrogen-bond acceptors (Lipinski definition) is 2. The Morgan fingerprint density at radius 3 is 1.46 bits per heavy atom. The fraction of sp³-hybridized carbons (Fsp3) is 0. The lowest BCUT2D eigenvalue weighted by atomic mass is 9.83. The zero-order valence-electron chi connectivity index (χ0n) is 28.1. The van der Waals surface area contributed by atoms with E-state index in [1.165, 1.54) is 54.9 Å². The Morgan fingerprint density at radius 2 is 0.750 bits per heavy atom. The molecule has 0 fully saturated rings. The zero-order chi connectivity index (χ0) is 34.2. The predicted molar refractivity (Wildman–Crippen MR) is 218 cm³/mol. The summed E-state index contributed by atoms with van der Waals surface area (Å²) in [5.74, 6) is 0. The fourth-order valence-electron chi connectivity index (χ4n) is 8.31. The average Bonchev–Trinajstić information content (AvgIpc) is 3.78. The van der Waals surface area contributed by atoms with Gasteiger partial charge in [-0.25, -0.2) is 0 Å². The molecule has 9 aromatic carbocycles. The van der Waals surface area contributed by atoms with Crippen molar-refractivity contribution in [3.63, 3.8) is 0 Å². The second-order valence-corrected chi connectivity index (χ2v) is 13.6. The Hall–Kier alpha value is -6.90. The van der Waals surface area contributed by atoms with Crippen molar-refractivity contribution in [3.8, 4) is 44.5 Å². The van der Waals surface area contributed by atoms with Crippen LogP contribution in [0.15, 0.2) is 191 Å². The van der Waals surface area contributed by atoms with Crippen LogP contribution in [0.4, 0.5) is 0 Å². The first-order valence-electron chi connectivity index (χ1n) is 17.8. The third-order valence-corrected chi connectivity index (χ3v) is 10.7. The molecule has 0 radical (unpaired) electrons. The molecule has 0 aliphatic heterocycles. The second kappa shape index (κ2) is 11.3. The Kier molecular flexibility index (Phi) is 6.28. The summed E-state index contributed by atoms with van der Waals surface area (Å²) in [6.07, 6.45) is 0. The fourth-order valence-corrected chi connectivity index (χ4v) is 8.31. The summed E-state index contributed by atoms with van der Waals surface area (Å²) in [5.41, 5.74) is 13.0. The molecule has 2 heterocycles. The first-order valence-corrected chi connectivity index (χ1v) is 17.8. The average molecular weight is 663 g/mol. The SMILES string of the molecule is c1ccc(-c2ccc3c(-c4cccc5oc6ccccc6c45)c4cc(-c5ccccc5)ccc4c(-c4ccc5c(c4)oc4ccccc45)c3c2)cc1. The van der Waals surface area contributed by atoms with Crippen LogP contribution >= 0.6 is 0 Å². The summed E-state index contributed by atoms with van der Waals surface area (Å²) in [6.45, 7) is 0. The third kappa shape index (κ3) is 4.38. The number of furan rings is 2. The van der Waals surface area contributed by atoms with Gasteiger partial charge in [-0.3, -0.25) is 0 Å². The monoisotopic (exact) mass is 662 g/mol. The lowest BCUT2D eigenvalue weighted by Crippen LogP contribution is -1.93. The molecule has 0 bridgehead atoms. The van der Waals surface area contributed by atoms with Gasteiger partial charge in [-0.2, -0.15) is 0 Å². The Bertz CT molecular complexity index is 3160. The van der Waals surface area contributed by atoms with Gasteiger partial charge < -0.3 is 8.83 Å². The Morgan fingerprint density at radius 1 is 0.250 bits per heavy atom. The standard InChI is InChI=1S/C50H30O2/c1-3-12-31(13-4-1)33-23-27-39-42(28-33)48(35-24-25-37-36-16-7-9-19-44(36)52-47(37)30-35)38-26-22-34(32-14-5-2-6-15-32)29-43(38)49(39)41-18-11-21-46-50(41)40-17-8-10-20-45(40)51-46/h1-30H. The lowest BCUT2D eigenvalue weighted by molar-refractivity contribution is 0.668. The van der Waals surface area contributed by atoms with E-state index in [1.54, 1.807) is 0 Å². The topological polar surface area (TPSA) is 26.3 Å². The normalized spacial score (nSPS) is 11.8. The molecule has 0 aliphatic rings. The molecule has 2 aromatic heterocycles. The molecule has 0 N–H and O–H groups in total. The highest BCUT2D eigenvalue weighted by Gasteiger charge is 2.22. The van der Waals surface area contributed by atoms with Crippen LogP contribution < -0.4 is 0 Å². The molecule has 2 nitrogen and oxygen atoms in total. The van der Waals surface area contributed by atoms with Crippen molar-refractivity contribution in [2.24, 2.45) is 0 Å². The van der Waals surface area contributed by atoms with Crippen molar-refractivity contribution in [3.05, 3.63) is 182 Å². The first-order chi connectivity index (χ1) is 25.8. The van der Waals surface area contributed by atoms with Gasteiger partial charge in [-0.05, 0) is 109 Å². The van der Waals surface area contributed by atoms with Gasteiger partial charge in [-0.1, -0.05) is 140 Å².